The largest absolute Gasteiger partial charge is 0.430 e. The molecule has 6 heteroatoms. The second-order valence-corrected chi connectivity index (χ2v) is 4.00. The predicted octanol–water partition coefficient (Wildman–Crippen LogP) is -0.556. The first kappa shape index (κ1) is 15.3. The van der Waals surface area contributed by atoms with Gasteiger partial charge in [0, 0.05) is 5.57 Å². The van der Waals surface area contributed by atoms with Crippen LogP contribution in [0.5, 0.6) is 0 Å². The first-order valence-corrected chi connectivity index (χ1v) is 5.53. The van der Waals surface area contributed by atoms with Crippen molar-refractivity contribution in [2.24, 2.45) is 0 Å². The smallest absolute Gasteiger partial charge is 0.335 e. The van der Waals surface area contributed by atoms with Crippen LogP contribution in [0.15, 0.2) is 10.8 Å². The van der Waals surface area contributed by atoms with Gasteiger partial charge in [0.15, 0.2) is 0 Å². The highest BCUT2D eigenvalue weighted by Gasteiger charge is 2.21. The summed E-state index contributed by atoms with van der Waals surface area (Å²) in [6.45, 7) is 2.84. The average molecular weight is 245 g/mol. The summed E-state index contributed by atoms with van der Waals surface area (Å²) in [6.07, 6.45) is -1.64. The van der Waals surface area contributed by atoms with Crippen molar-refractivity contribution >= 4 is 16.2 Å². The molecule has 0 spiro atoms. The highest BCUT2D eigenvalue weighted by molar-refractivity contribution is 6.24. The normalized spacial score (nSPS) is 16.4. The van der Waals surface area contributed by atoms with Gasteiger partial charge in [-0.15, -0.1) is 0 Å². The molecule has 0 aliphatic carbocycles. The van der Waals surface area contributed by atoms with E-state index in [2.05, 4.69) is 15.0 Å². The van der Waals surface area contributed by atoms with E-state index in [1.807, 2.05) is 6.92 Å². The van der Waals surface area contributed by atoms with Gasteiger partial charge in [0.25, 0.3) is 0 Å². The molecule has 0 aromatic rings. The van der Waals surface area contributed by atoms with Gasteiger partial charge in [0.05, 0.1) is 16.8 Å². The molecule has 5 nitrogen and oxygen atoms in total. The van der Waals surface area contributed by atoms with Crippen LogP contribution in [0, 0.1) is 0 Å². The average Bonchev–Trinajstić information content (AvgIpc) is 2.26. The lowest BCUT2D eigenvalue weighted by Gasteiger charge is -2.16. The fourth-order valence-corrected chi connectivity index (χ4v) is 1.28. The van der Waals surface area contributed by atoms with E-state index in [4.69, 9.17) is 15.3 Å². The van der Waals surface area contributed by atoms with Crippen LogP contribution in [0.4, 0.5) is 0 Å². The third kappa shape index (κ3) is 4.89. The first-order valence-electron chi connectivity index (χ1n) is 5.03. The van der Waals surface area contributed by atoms with Crippen molar-refractivity contribution in [1.82, 2.24) is 0 Å². The zero-order valence-electron chi connectivity index (χ0n) is 9.43. The fourth-order valence-electron chi connectivity index (χ4n) is 0.927. The van der Waals surface area contributed by atoms with Gasteiger partial charge in [0.2, 0.25) is 6.29 Å². The SMILES string of the molecule is CCC/C([Si])=C(\C)C(=O)OC(O)C(O)CO. The van der Waals surface area contributed by atoms with Crippen molar-refractivity contribution < 1.29 is 24.9 Å². The Kier molecular flexibility index (Phi) is 7.23. The molecule has 0 aromatic heterocycles. The Bertz CT molecular complexity index is 264. The van der Waals surface area contributed by atoms with Gasteiger partial charge in [-0.25, -0.2) is 4.79 Å². The maximum absolute atomic E-state index is 11.4. The molecule has 0 aliphatic heterocycles. The highest BCUT2D eigenvalue weighted by Crippen LogP contribution is 2.10. The van der Waals surface area contributed by atoms with Gasteiger partial charge >= 0.3 is 5.97 Å². The molecule has 91 valence electrons. The summed E-state index contributed by atoms with van der Waals surface area (Å²) < 4.78 is 4.55. The van der Waals surface area contributed by atoms with Crippen molar-refractivity contribution in [3.05, 3.63) is 10.8 Å². The summed E-state index contributed by atoms with van der Waals surface area (Å²) in [5.74, 6) is -0.724. The minimum absolute atomic E-state index is 0.336. The van der Waals surface area contributed by atoms with E-state index in [1.54, 1.807) is 6.92 Å². The van der Waals surface area contributed by atoms with Crippen LogP contribution < -0.4 is 0 Å². The third-order valence-electron chi connectivity index (χ3n) is 2.00. The summed E-state index contributed by atoms with van der Waals surface area (Å²) in [7, 11) is 3.29. The second kappa shape index (κ2) is 7.56. The van der Waals surface area contributed by atoms with Crippen LogP contribution in [0.2, 0.25) is 0 Å². The predicted molar refractivity (Wildman–Crippen MR) is 58.6 cm³/mol. The summed E-state index contributed by atoms with van der Waals surface area (Å²) in [5.41, 5.74) is 0.336. The summed E-state index contributed by atoms with van der Waals surface area (Å²) in [6, 6.07) is 0. The molecule has 2 atom stereocenters. The maximum atomic E-state index is 11.4. The second-order valence-electron chi connectivity index (χ2n) is 3.40. The number of rotatable bonds is 6. The topological polar surface area (TPSA) is 87.0 Å². The van der Waals surface area contributed by atoms with Gasteiger partial charge in [0.1, 0.15) is 6.10 Å². The molecule has 0 amide bonds. The molecule has 3 N–H and O–H groups in total. The minimum Gasteiger partial charge on any atom is -0.430 e. The highest BCUT2D eigenvalue weighted by atomic mass is 28.1. The van der Waals surface area contributed by atoms with Gasteiger partial charge in [-0.1, -0.05) is 18.5 Å². The van der Waals surface area contributed by atoms with Gasteiger partial charge in [-0.3, -0.25) is 0 Å². The number of carbonyl (C=O) groups is 1. The molecule has 16 heavy (non-hydrogen) atoms. The number of allylic oxidation sites excluding steroid dienone is 1. The molecule has 0 saturated heterocycles. The van der Waals surface area contributed by atoms with Crippen molar-refractivity contribution in [2.45, 2.75) is 39.1 Å². The van der Waals surface area contributed by atoms with E-state index >= 15 is 0 Å². The molecule has 2 unspecified atom stereocenters. The van der Waals surface area contributed by atoms with E-state index < -0.39 is 25.0 Å². The van der Waals surface area contributed by atoms with E-state index in [9.17, 15) is 4.79 Å². The molecule has 0 aromatic carbocycles. The molecule has 0 heterocycles. The molecular weight excluding hydrogens is 228 g/mol. The monoisotopic (exact) mass is 245 g/mol. The first-order chi connectivity index (χ1) is 7.43. The lowest BCUT2D eigenvalue weighted by molar-refractivity contribution is -0.186. The van der Waals surface area contributed by atoms with Gasteiger partial charge < -0.3 is 20.1 Å². The zero-order valence-corrected chi connectivity index (χ0v) is 10.4. The Morgan fingerprint density at radius 2 is 2.00 bits per heavy atom. The van der Waals surface area contributed by atoms with Crippen molar-refractivity contribution in [3.63, 3.8) is 0 Å². The van der Waals surface area contributed by atoms with Crippen molar-refractivity contribution in [2.75, 3.05) is 6.61 Å². The molecule has 0 saturated carbocycles. The van der Waals surface area contributed by atoms with Crippen LogP contribution in [0.25, 0.3) is 0 Å². The van der Waals surface area contributed by atoms with Crippen LogP contribution >= 0.6 is 0 Å². The van der Waals surface area contributed by atoms with Crippen LogP contribution in [0.1, 0.15) is 26.7 Å². The van der Waals surface area contributed by atoms with E-state index in [0.717, 1.165) is 6.42 Å². The Hall–Kier alpha value is -0.693. The van der Waals surface area contributed by atoms with Gasteiger partial charge in [-0.05, 0) is 13.3 Å². The Balaban J connectivity index is 4.41. The lowest BCUT2D eigenvalue weighted by atomic mass is 10.2. The Labute approximate surface area is 98.2 Å². The Morgan fingerprint density at radius 1 is 1.44 bits per heavy atom. The quantitative estimate of drug-likeness (QED) is 0.253. The van der Waals surface area contributed by atoms with E-state index in [1.165, 1.54) is 0 Å². The summed E-state index contributed by atoms with van der Waals surface area (Å²) >= 11 is 0. The molecule has 0 rings (SSSR count). The number of aliphatic hydroxyl groups is 3. The van der Waals surface area contributed by atoms with E-state index in [-0.39, 0.29) is 0 Å². The number of aliphatic hydroxyl groups excluding tert-OH is 3. The van der Waals surface area contributed by atoms with Crippen molar-refractivity contribution in [3.8, 4) is 0 Å². The molecule has 0 bridgehead atoms. The number of ether oxygens (including phenoxy) is 1. The molecule has 0 fully saturated rings. The maximum Gasteiger partial charge on any atom is 0.335 e. The summed E-state index contributed by atoms with van der Waals surface area (Å²) in [5, 5.41) is 27.4. The van der Waals surface area contributed by atoms with E-state index in [0.29, 0.717) is 17.2 Å². The van der Waals surface area contributed by atoms with Crippen LogP contribution in [0.3, 0.4) is 0 Å². The molecule has 0 aliphatic rings. The minimum atomic E-state index is -1.71. The molecule has 3 radical (unpaired) electrons. The van der Waals surface area contributed by atoms with Gasteiger partial charge in [-0.2, -0.15) is 0 Å². The number of hydrogen-bond acceptors (Lipinski definition) is 5. The Morgan fingerprint density at radius 3 is 2.44 bits per heavy atom. The standard InChI is InChI=1S/C10H17O5Si/c1-3-4-8(16)6(2)9(13)15-10(14)7(12)5-11/h7,10-12,14H,3-5H2,1-2H3/b8-6-. The third-order valence-corrected chi connectivity index (χ3v) is 2.63. The number of esters is 1. The lowest BCUT2D eigenvalue weighted by Crippen LogP contribution is -2.34. The van der Waals surface area contributed by atoms with Crippen molar-refractivity contribution in [1.29, 1.82) is 0 Å². The summed E-state index contributed by atoms with van der Waals surface area (Å²) in [4.78, 5) is 11.4. The fraction of sp³-hybridized carbons (Fsp3) is 0.700. The number of hydrogen-bond donors (Lipinski definition) is 3. The van der Waals surface area contributed by atoms with Crippen LogP contribution in [-0.2, 0) is 9.53 Å². The zero-order chi connectivity index (χ0) is 12.7. The van der Waals surface area contributed by atoms with Crippen LogP contribution in [-0.4, -0.2) is 50.5 Å². The number of carbonyl (C=O) groups excluding carboxylic acids is 1. The molecular formula is C10H17O5Si.